The summed E-state index contributed by atoms with van der Waals surface area (Å²) in [6.45, 7) is 3.53. The van der Waals surface area contributed by atoms with Gasteiger partial charge in [0.2, 0.25) is 0 Å². The molecule has 2 nitrogen and oxygen atoms in total. The quantitative estimate of drug-likeness (QED) is 0.727. The van der Waals surface area contributed by atoms with Crippen LogP contribution in [0, 0.1) is 0 Å². The second kappa shape index (κ2) is 4.65. The molecule has 0 unspecified atom stereocenters. The number of hydrogen-bond acceptors (Lipinski definition) is 1. The molecule has 0 aromatic carbocycles. The Bertz CT molecular complexity index is 185. The van der Waals surface area contributed by atoms with Crippen molar-refractivity contribution in [2.75, 3.05) is 0 Å². The van der Waals surface area contributed by atoms with Crippen LogP contribution in [0.25, 0.3) is 0 Å². The van der Waals surface area contributed by atoms with Gasteiger partial charge in [0.25, 0.3) is 5.91 Å². The highest BCUT2D eigenvalue weighted by molar-refractivity contribution is 9.12. The first kappa shape index (κ1) is 9.78. The largest absolute Gasteiger partial charge is 0.349 e. The molecule has 12 heavy (non-hydrogen) atoms. The summed E-state index contributed by atoms with van der Waals surface area (Å²) in [4.78, 5) is 11.2. The Kier molecular flexibility index (Phi) is 3.79. The third-order valence-corrected chi connectivity index (χ3v) is 2.55. The van der Waals surface area contributed by atoms with Crippen LogP contribution in [0.3, 0.4) is 0 Å². The molecular formula is C9H14BrNO. The van der Waals surface area contributed by atoms with E-state index in [1.165, 1.54) is 19.3 Å². The van der Waals surface area contributed by atoms with Crippen molar-refractivity contribution in [2.45, 2.75) is 38.1 Å². The molecule has 0 aromatic heterocycles. The van der Waals surface area contributed by atoms with Gasteiger partial charge in [-0.25, -0.2) is 0 Å². The van der Waals surface area contributed by atoms with E-state index in [2.05, 4.69) is 27.8 Å². The minimum Gasteiger partial charge on any atom is -0.349 e. The number of rotatable bonds is 2. The second-order valence-corrected chi connectivity index (χ2v) is 4.17. The van der Waals surface area contributed by atoms with Crippen LogP contribution < -0.4 is 5.32 Å². The molecule has 68 valence electrons. The number of hydrogen-bond donors (Lipinski definition) is 1. The Hall–Kier alpha value is -0.310. The van der Waals surface area contributed by atoms with Gasteiger partial charge in [0.15, 0.2) is 0 Å². The van der Waals surface area contributed by atoms with Crippen LogP contribution in [-0.2, 0) is 4.79 Å². The highest BCUT2D eigenvalue weighted by Gasteiger charge is 2.15. The van der Waals surface area contributed by atoms with Gasteiger partial charge in [0, 0.05) is 6.04 Å². The van der Waals surface area contributed by atoms with E-state index in [1.54, 1.807) is 0 Å². The first-order valence-corrected chi connectivity index (χ1v) is 5.14. The van der Waals surface area contributed by atoms with Gasteiger partial charge in [0.1, 0.15) is 0 Å². The Morgan fingerprint density at radius 2 is 1.92 bits per heavy atom. The Morgan fingerprint density at radius 3 is 2.42 bits per heavy atom. The molecule has 0 saturated heterocycles. The number of halogens is 1. The van der Waals surface area contributed by atoms with Crippen molar-refractivity contribution in [3.05, 3.63) is 11.1 Å². The molecule has 0 bridgehead atoms. The van der Waals surface area contributed by atoms with E-state index in [4.69, 9.17) is 0 Å². The third kappa shape index (κ3) is 2.97. The van der Waals surface area contributed by atoms with Crippen molar-refractivity contribution in [1.82, 2.24) is 5.32 Å². The fraction of sp³-hybridized carbons (Fsp3) is 0.667. The van der Waals surface area contributed by atoms with Crippen molar-refractivity contribution >= 4 is 21.8 Å². The molecule has 3 heteroatoms. The summed E-state index contributed by atoms with van der Waals surface area (Å²) >= 11 is 3.06. The van der Waals surface area contributed by atoms with Crippen molar-refractivity contribution in [3.63, 3.8) is 0 Å². The topological polar surface area (TPSA) is 29.1 Å². The average molecular weight is 232 g/mol. The lowest BCUT2D eigenvalue weighted by Crippen LogP contribution is -2.35. The van der Waals surface area contributed by atoms with E-state index in [0.717, 1.165) is 12.8 Å². The van der Waals surface area contributed by atoms with Gasteiger partial charge < -0.3 is 5.32 Å². The fourth-order valence-electron chi connectivity index (χ4n) is 1.51. The first-order chi connectivity index (χ1) is 5.70. The van der Waals surface area contributed by atoms with Gasteiger partial charge in [0.05, 0.1) is 4.48 Å². The van der Waals surface area contributed by atoms with Gasteiger partial charge in [-0.2, -0.15) is 0 Å². The Balaban J connectivity index is 2.29. The zero-order valence-electron chi connectivity index (χ0n) is 7.11. The highest BCUT2D eigenvalue weighted by atomic mass is 79.9. The fourth-order valence-corrected chi connectivity index (χ4v) is 1.63. The van der Waals surface area contributed by atoms with Gasteiger partial charge in [-0.1, -0.05) is 25.8 Å². The van der Waals surface area contributed by atoms with Crippen LogP contribution in [0.15, 0.2) is 11.1 Å². The maximum atomic E-state index is 11.2. The van der Waals surface area contributed by atoms with E-state index in [1.807, 2.05) is 0 Å². The van der Waals surface area contributed by atoms with E-state index in [0.29, 0.717) is 10.5 Å². The Labute approximate surface area is 81.5 Å². The van der Waals surface area contributed by atoms with Crippen LogP contribution >= 0.6 is 15.9 Å². The minimum absolute atomic E-state index is 0.0677. The summed E-state index contributed by atoms with van der Waals surface area (Å²) in [7, 11) is 0. The molecule has 0 aromatic rings. The summed E-state index contributed by atoms with van der Waals surface area (Å²) in [5.41, 5.74) is 0. The van der Waals surface area contributed by atoms with Gasteiger partial charge >= 0.3 is 0 Å². The third-order valence-electron chi connectivity index (χ3n) is 2.19. The molecule has 0 spiro atoms. The molecule has 0 heterocycles. The highest BCUT2D eigenvalue weighted by Crippen LogP contribution is 2.17. The molecule has 1 rings (SSSR count). The van der Waals surface area contributed by atoms with Crippen molar-refractivity contribution < 1.29 is 4.79 Å². The lowest BCUT2D eigenvalue weighted by atomic mass is 9.95. The summed E-state index contributed by atoms with van der Waals surface area (Å²) in [5.74, 6) is -0.0677. The van der Waals surface area contributed by atoms with E-state index in [9.17, 15) is 4.79 Å². The lowest BCUT2D eigenvalue weighted by molar-refractivity contribution is -0.117. The maximum Gasteiger partial charge on any atom is 0.257 e. The normalized spacial score (nSPS) is 18.8. The average Bonchev–Trinajstić information content (AvgIpc) is 2.06. The zero-order chi connectivity index (χ0) is 8.97. The lowest BCUT2D eigenvalue weighted by Gasteiger charge is -2.22. The van der Waals surface area contributed by atoms with Crippen molar-refractivity contribution in [1.29, 1.82) is 0 Å². The number of amides is 1. The van der Waals surface area contributed by atoms with Crippen LogP contribution in [0.2, 0.25) is 0 Å². The molecular weight excluding hydrogens is 218 g/mol. The van der Waals surface area contributed by atoms with Gasteiger partial charge in [-0.3, -0.25) is 4.79 Å². The van der Waals surface area contributed by atoms with Gasteiger partial charge in [-0.15, -0.1) is 0 Å². The maximum absolute atomic E-state index is 11.2. The molecule has 0 atom stereocenters. The van der Waals surface area contributed by atoms with Crippen LogP contribution in [0.1, 0.15) is 32.1 Å². The van der Waals surface area contributed by atoms with E-state index >= 15 is 0 Å². The number of carbonyl (C=O) groups is 1. The standard InChI is InChI=1S/C9H14BrNO/c1-7(10)9(12)11-8-5-3-2-4-6-8/h8H,1-6H2,(H,11,12). The predicted molar refractivity (Wildman–Crippen MR) is 53.1 cm³/mol. The molecule has 1 N–H and O–H groups in total. The van der Waals surface area contributed by atoms with Crippen molar-refractivity contribution in [3.8, 4) is 0 Å². The minimum atomic E-state index is -0.0677. The molecule has 1 aliphatic carbocycles. The van der Waals surface area contributed by atoms with Crippen LogP contribution in [-0.4, -0.2) is 11.9 Å². The summed E-state index contributed by atoms with van der Waals surface area (Å²) in [6, 6.07) is 0.376. The van der Waals surface area contributed by atoms with Gasteiger partial charge in [-0.05, 0) is 28.8 Å². The summed E-state index contributed by atoms with van der Waals surface area (Å²) in [6.07, 6.45) is 6.01. The van der Waals surface area contributed by atoms with E-state index < -0.39 is 0 Å². The monoisotopic (exact) mass is 231 g/mol. The molecule has 0 aliphatic heterocycles. The van der Waals surface area contributed by atoms with Crippen LogP contribution in [0.4, 0.5) is 0 Å². The summed E-state index contributed by atoms with van der Waals surface area (Å²) in [5, 5.41) is 2.93. The van der Waals surface area contributed by atoms with Crippen molar-refractivity contribution in [2.24, 2.45) is 0 Å². The Morgan fingerprint density at radius 1 is 1.33 bits per heavy atom. The number of nitrogens with one attached hydrogen (secondary N) is 1. The predicted octanol–water partition coefficient (Wildman–Crippen LogP) is 2.34. The zero-order valence-corrected chi connectivity index (χ0v) is 8.69. The molecule has 0 radical (unpaired) electrons. The SMILES string of the molecule is C=C(Br)C(=O)NC1CCCCC1. The first-order valence-electron chi connectivity index (χ1n) is 4.35. The second-order valence-electron chi connectivity index (χ2n) is 3.21. The number of carbonyl (C=O) groups excluding carboxylic acids is 1. The summed E-state index contributed by atoms with van der Waals surface area (Å²) < 4.78 is 0.424. The van der Waals surface area contributed by atoms with E-state index in [-0.39, 0.29) is 5.91 Å². The molecule has 1 fully saturated rings. The van der Waals surface area contributed by atoms with Crippen LogP contribution in [0.5, 0.6) is 0 Å². The smallest absolute Gasteiger partial charge is 0.257 e. The molecule has 1 saturated carbocycles. The molecule has 1 amide bonds. The molecule has 1 aliphatic rings.